The predicted molar refractivity (Wildman–Crippen MR) is 46.4 cm³/mol. The normalized spacial score (nSPS) is 6.75. The molecule has 0 heterocycles. The van der Waals surface area contributed by atoms with E-state index in [9.17, 15) is 0 Å². The van der Waals surface area contributed by atoms with Crippen molar-refractivity contribution in [2.45, 2.75) is 6.92 Å². The minimum absolute atomic E-state index is 0. The van der Waals surface area contributed by atoms with E-state index in [1.807, 2.05) is 18.2 Å². The Labute approximate surface area is 111 Å². The fraction of sp³-hybridized carbons (Fsp3) is 0.250. The van der Waals surface area contributed by atoms with Gasteiger partial charge in [0.25, 0.3) is 0 Å². The Balaban J connectivity index is -0.000000270. The van der Waals surface area contributed by atoms with Crippen LogP contribution in [0, 0.1) is 0 Å². The summed E-state index contributed by atoms with van der Waals surface area (Å²) in [6.07, 6.45) is 0. The summed E-state index contributed by atoms with van der Waals surface area (Å²) in [7, 11) is 0. The van der Waals surface area contributed by atoms with E-state index in [-0.39, 0.29) is 57.0 Å². The summed E-state index contributed by atoms with van der Waals surface area (Å²) >= 11 is 0. The Morgan fingerprint density at radius 1 is 1.08 bits per heavy atom. The van der Waals surface area contributed by atoms with Crippen LogP contribution in [0.15, 0.2) is 30.3 Å². The van der Waals surface area contributed by atoms with Crippen molar-refractivity contribution in [3.8, 4) is 0 Å². The Kier molecular flexibility index (Phi) is 18.1. The largest absolute Gasteiger partial charge is 2.00 e. The molecule has 1 N–H and O–H groups in total. The van der Waals surface area contributed by atoms with Gasteiger partial charge in [-0.1, -0.05) is 18.2 Å². The first-order chi connectivity index (χ1) is 4.43. The second kappa shape index (κ2) is 11.7. The maximum atomic E-state index is 3.21. The first kappa shape index (κ1) is 18.5. The molecule has 12 heavy (non-hydrogen) atoms. The number of benzene rings is 1. The summed E-state index contributed by atoms with van der Waals surface area (Å²) in [5.74, 6) is 0. The van der Waals surface area contributed by atoms with Gasteiger partial charge < -0.3 is 39.3 Å². The van der Waals surface area contributed by atoms with Gasteiger partial charge in [-0.25, -0.2) is 0 Å². The monoisotopic (exact) mass is 303 g/mol. The van der Waals surface area contributed by atoms with Crippen molar-refractivity contribution in [1.82, 2.24) is 0 Å². The quantitative estimate of drug-likeness (QED) is 0.546. The van der Waals surface area contributed by atoms with Gasteiger partial charge in [0.15, 0.2) is 0 Å². The van der Waals surface area contributed by atoms with Gasteiger partial charge in [-0.3, -0.25) is 0 Å². The van der Waals surface area contributed by atoms with Gasteiger partial charge in [0.05, 0.1) is 0 Å². The summed E-state index contributed by atoms with van der Waals surface area (Å²) in [6, 6.07) is 10.2. The van der Waals surface area contributed by atoms with E-state index in [1.165, 1.54) is 5.69 Å². The number of hydrogen-bond donors (Lipinski definition) is 1. The van der Waals surface area contributed by atoms with Crippen LogP contribution < -0.4 is 39.3 Å². The van der Waals surface area contributed by atoms with Gasteiger partial charge in [0.2, 0.25) is 0 Å². The van der Waals surface area contributed by atoms with E-state index in [2.05, 4.69) is 24.4 Å². The first-order valence-corrected chi connectivity index (χ1v) is 3.22. The second-order valence-corrected chi connectivity index (χ2v) is 1.90. The van der Waals surface area contributed by atoms with Crippen LogP contribution in [0.1, 0.15) is 6.92 Å². The molecule has 0 atom stereocenters. The molecule has 1 aromatic carbocycles. The molecule has 0 aromatic heterocycles. The molecule has 0 aliphatic heterocycles. The summed E-state index contributed by atoms with van der Waals surface area (Å²) in [5, 5.41) is 3.21. The van der Waals surface area contributed by atoms with Crippen LogP contribution in [0.3, 0.4) is 0 Å². The average molecular weight is 305 g/mol. The Hall–Kier alpha value is 0.746. The Morgan fingerprint density at radius 2 is 1.58 bits per heavy atom. The predicted octanol–water partition coefficient (Wildman–Crippen LogP) is -4.25. The summed E-state index contributed by atoms with van der Waals surface area (Å²) < 4.78 is 0. The third-order valence-electron chi connectivity index (χ3n) is 1.15. The molecule has 0 unspecified atom stereocenters. The minimum atomic E-state index is 0. The van der Waals surface area contributed by atoms with Crippen LogP contribution in [0.4, 0.5) is 5.69 Å². The van der Waals surface area contributed by atoms with Gasteiger partial charge >= 0.3 is 23.1 Å². The van der Waals surface area contributed by atoms with Crippen molar-refractivity contribution in [1.29, 1.82) is 0 Å². The molecule has 0 amide bonds. The van der Waals surface area contributed by atoms with Crippen molar-refractivity contribution >= 4 is 28.7 Å². The number of para-hydroxylation sites is 1. The number of halogens is 2. The second-order valence-electron chi connectivity index (χ2n) is 1.90. The molecule has 0 spiro atoms. The van der Waals surface area contributed by atoms with E-state index in [0.717, 1.165) is 6.54 Å². The standard InChI is InChI=1S/C8H11N.2BrH.Mg/c1-2-9-8-6-4-3-5-7-8;;;/h3-7,9H,2H2,1H3;2*1H;/q;;;+2/p-2. The molecule has 4 heteroatoms. The van der Waals surface area contributed by atoms with Gasteiger partial charge in [-0.05, 0) is 19.1 Å². The van der Waals surface area contributed by atoms with E-state index < -0.39 is 0 Å². The molecule has 1 nitrogen and oxygen atoms in total. The zero-order valence-electron chi connectivity index (χ0n) is 7.06. The molecule has 0 fully saturated rings. The Morgan fingerprint density at radius 3 is 2.00 bits per heavy atom. The van der Waals surface area contributed by atoms with Crippen LogP contribution in [0.5, 0.6) is 0 Å². The van der Waals surface area contributed by atoms with E-state index in [4.69, 9.17) is 0 Å². The third kappa shape index (κ3) is 7.40. The van der Waals surface area contributed by atoms with Crippen LogP contribution in [0.2, 0.25) is 0 Å². The minimum Gasteiger partial charge on any atom is -1.00 e. The SMILES string of the molecule is CCNc1ccccc1.[Br-].[Br-].[Mg+2]. The van der Waals surface area contributed by atoms with Crippen molar-refractivity contribution in [3.05, 3.63) is 30.3 Å². The molecule has 0 saturated carbocycles. The summed E-state index contributed by atoms with van der Waals surface area (Å²) in [5.41, 5.74) is 1.19. The van der Waals surface area contributed by atoms with Crippen molar-refractivity contribution < 1.29 is 34.0 Å². The third-order valence-corrected chi connectivity index (χ3v) is 1.15. The van der Waals surface area contributed by atoms with Crippen molar-refractivity contribution in [2.24, 2.45) is 0 Å². The zero-order valence-corrected chi connectivity index (χ0v) is 11.6. The maximum absolute atomic E-state index is 3.21. The van der Waals surface area contributed by atoms with Crippen LogP contribution in [-0.4, -0.2) is 29.6 Å². The van der Waals surface area contributed by atoms with Gasteiger partial charge in [-0.15, -0.1) is 0 Å². The zero-order chi connectivity index (χ0) is 6.53. The molecular formula is C8H11Br2MgN. The molecule has 0 aliphatic carbocycles. The molecule has 1 rings (SSSR count). The summed E-state index contributed by atoms with van der Waals surface area (Å²) in [6.45, 7) is 3.08. The van der Waals surface area contributed by atoms with Gasteiger partial charge in [0, 0.05) is 12.2 Å². The van der Waals surface area contributed by atoms with E-state index in [0.29, 0.717) is 0 Å². The number of rotatable bonds is 2. The number of hydrogen-bond acceptors (Lipinski definition) is 1. The van der Waals surface area contributed by atoms with E-state index >= 15 is 0 Å². The molecule has 64 valence electrons. The van der Waals surface area contributed by atoms with Crippen LogP contribution in [0.25, 0.3) is 0 Å². The topological polar surface area (TPSA) is 12.0 Å². The summed E-state index contributed by atoms with van der Waals surface area (Å²) in [4.78, 5) is 0. The van der Waals surface area contributed by atoms with Gasteiger partial charge in [-0.2, -0.15) is 0 Å². The Bertz CT molecular complexity index is 170. The van der Waals surface area contributed by atoms with Gasteiger partial charge in [0.1, 0.15) is 0 Å². The van der Waals surface area contributed by atoms with Crippen LogP contribution in [-0.2, 0) is 0 Å². The molecule has 0 aliphatic rings. The van der Waals surface area contributed by atoms with Crippen LogP contribution >= 0.6 is 0 Å². The van der Waals surface area contributed by atoms with E-state index in [1.54, 1.807) is 0 Å². The van der Waals surface area contributed by atoms with Crippen molar-refractivity contribution in [3.63, 3.8) is 0 Å². The maximum Gasteiger partial charge on any atom is 2.00 e. The molecule has 1 aromatic rings. The molecule has 0 radical (unpaired) electrons. The average Bonchev–Trinajstić information content (AvgIpc) is 1.91. The number of anilines is 1. The fourth-order valence-electron chi connectivity index (χ4n) is 0.760. The number of nitrogens with one attached hydrogen (secondary N) is 1. The fourth-order valence-corrected chi connectivity index (χ4v) is 0.760. The molecule has 0 saturated heterocycles. The molecular weight excluding hydrogens is 294 g/mol. The first-order valence-electron chi connectivity index (χ1n) is 3.22. The van der Waals surface area contributed by atoms with Crippen molar-refractivity contribution in [2.75, 3.05) is 11.9 Å². The smallest absolute Gasteiger partial charge is 1.00 e. The molecule has 0 bridgehead atoms.